The second-order valence-corrected chi connectivity index (χ2v) is 4.31. The number of carboxylic acids is 1. The van der Waals surface area contributed by atoms with Crippen molar-refractivity contribution in [3.05, 3.63) is 65.5 Å². The Labute approximate surface area is 110 Å². The van der Waals surface area contributed by atoms with Crippen LogP contribution in [0.5, 0.6) is 0 Å². The van der Waals surface area contributed by atoms with E-state index in [1.165, 1.54) is 10.6 Å². The van der Waals surface area contributed by atoms with E-state index in [1.807, 2.05) is 19.1 Å². The summed E-state index contributed by atoms with van der Waals surface area (Å²) in [6.45, 7) is 1.97. The first-order valence-corrected chi connectivity index (χ1v) is 5.89. The summed E-state index contributed by atoms with van der Waals surface area (Å²) in [5, 5.41) is 9.05. The number of hydrogen-bond acceptors (Lipinski definition) is 2. The molecule has 96 valence electrons. The summed E-state index contributed by atoms with van der Waals surface area (Å²) < 4.78 is 1.44. The summed E-state index contributed by atoms with van der Waals surface area (Å²) in [7, 11) is 0. The third-order valence-corrected chi connectivity index (χ3v) is 2.85. The maximum atomic E-state index is 12.1. The van der Waals surface area contributed by atoms with Gasteiger partial charge in [-0.05, 0) is 13.0 Å². The van der Waals surface area contributed by atoms with Crippen LogP contribution >= 0.6 is 0 Å². The highest BCUT2D eigenvalue weighted by atomic mass is 16.4. The Hall–Kier alpha value is -2.49. The lowest BCUT2D eigenvalue weighted by atomic mass is 10.1. The average molecular weight is 256 g/mol. The first-order valence-electron chi connectivity index (χ1n) is 5.89. The van der Waals surface area contributed by atoms with Crippen LogP contribution < -0.4 is 4.57 Å². The van der Waals surface area contributed by atoms with Crippen LogP contribution in [-0.4, -0.2) is 16.9 Å². The summed E-state index contributed by atoms with van der Waals surface area (Å²) in [5.74, 6) is -1.16. The van der Waals surface area contributed by atoms with E-state index >= 15 is 0 Å². The molecule has 0 spiro atoms. The molecule has 19 heavy (non-hydrogen) atoms. The fourth-order valence-corrected chi connectivity index (χ4v) is 1.79. The second-order valence-electron chi connectivity index (χ2n) is 4.31. The molecule has 0 aliphatic heterocycles. The third kappa shape index (κ3) is 3.04. The van der Waals surface area contributed by atoms with Crippen molar-refractivity contribution < 1.29 is 19.3 Å². The molecule has 0 aliphatic carbocycles. The van der Waals surface area contributed by atoms with Gasteiger partial charge in [-0.25, -0.2) is 4.79 Å². The molecule has 1 heterocycles. The Balaban J connectivity index is 2.24. The Bertz CT molecular complexity index is 618. The normalized spacial score (nSPS) is 10.2. The smallest absolute Gasteiger partial charge is 0.401 e. The number of ketones is 1. The molecule has 2 aromatic rings. The number of aromatic nitrogens is 1. The molecule has 4 nitrogen and oxygen atoms in total. The van der Waals surface area contributed by atoms with Crippen LogP contribution in [0.15, 0.2) is 48.7 Å². The van der Waals surface area contributed by atoms with Gasteiger partial charge in [0.15, 0.2) is 6.20 Å². The Morgan fingerprint density at radius 2 is 1.79 bits per heavy atom. The van der Waals surface area contributed by atoms with Crippen LogP contribution in [0, 0.1) is 6.92 Å². The summed E-state index contributed by atoms with van der Waals surface area (Å²) >= 11 is 0. The molecule has 1 aromatic carbocycles. The quantitative estimate of drug-likeness (QED) is 0.671. The van der Waals surface area contributed by atoms with Crippen LogP contribution in [-0.2, 0) is 6.54 Å². The molecule has 0 saturated heterocycles. The molecule has 0 radical (unpaired) electrons. The lowest BCUT2D eigenvalue weighted by Crippen LogP contribution is -2.43. The van der Waals surface area contributed by atoms with Crippen LogP contribution in [0.1, 0.15) is 26.4 Å². The van der Waals surface area contributed by atoms with Crippen molar-refractivity contribution >= 4 is 11.8 Å². The number of hydrogen-bond donors (Lipinski definition) is 1. The van der Waals surface area contributed by atoms with Crippen molar-refractivity contribution in [3.63, 3.8) is 0 Å². The van der Waals surface area contributed by atoms with E-state index in [9.17, 15) is 9.59 Å². The van der Waals surface area contributed by atoms with Crippen LogP contribution in [0.3, 0.4) is 0 Å². The molecule has 2 rings (SSSR count). The SMILES string of the molecule is Cc1ccc(C(=O)C[n+]2ccccc2C(=O)O)cc1. The van der Waals surface area contributed by atoms with Gasteiger partial charge in [0.25, 0.3) is 5.69 Å². The molecule has 1 N–H and O–H groups in total. The van der Waals surface area contributed by atoms with Gasteiger partial charge in [-0.2, -0.15) is 4.57 Å². The fourth-order valence-electron chi connectivity index (χ4n) is 1.79. The number of nitrogens with zero attached hydrogens (tertiary/aromatic N) is 1. The van der Waals surface area contributed by atoms with E-state index in [0.29, 0.717) is 5.56 Å². The van der Waals surface area contributed by atoms with Gasteiger partial charge in [0.2, 0.25) is 12.3 Å². The molecular weight excluding hydrogens is 242 g/mol. The highest BCUT2D eigenvalue weighted by Crippen LogP contribution is 2.04. The van der Waals surface area contributed by atoms with E-state index in [-0.39, 0.29) is 18.0 Å². The first kappa shape index (κ1) is 13.0. The van der Waals surface area contributed by atoms with Gasteiger partial charge in [-0.3, -0.25) is 4.79 Å². The van der Waals surface area contributed by atoms with E-state index in [0.717, 1.165) is 5.56 Å². The molecule has 0 saturated carbocycles. The van der Waals surface area contributed by atoms with Gasteiger partial charge in [0, 0.05) is 17.7 Å². The summed E-state index contributed by atoms with van der Waals surface area (Å²) in [6, 6.07) is 12.0. The van der Waals surface area contributed by atoms with Crippen LogP contribution in [0.4, 0.5) is 0 Å². The molecule has 0 unspecified atom stereocenters. The number of benzene rings is 1. The number of Topliss-reactive ketones (excluding diaryl/α,β-unsaturated/α-hetero) is 1. The van der Waals surface area contributed by atoms with Crippen molar-refractivity contribution in [1.29, 1.82) is 0 Å². The van der Waals surface area contributed by atoms with Crippen molar-refractivity contribution in [2.45, 2.75) is 13.5 Å². The minimum Gasteiger partial charge on any atom is -0.473 e. The van der Waals surface area contributed by atoms with E-state index in [4.69, 9.17) is 5.11 Å². The Morgan fingerprint density at radius 3 is 2.42 bits per heavy atom. The fraction of sp³-hybridized carbons (Fsp3) is 0.133. The number of rotatable bonds is 4. The number of aromatic carboxylic acids is 1. The van der Waals surface area contributed by atoms with Gasteiger partial charge in [-0.1, -0.05) is 29.8 Å². The second kappa shape index (κ2) is 5.44. The molecular formula is C15H14NO3+. The zero-order valence-electron chi connectivity index (χ0n) is 10.5. The molecule has 0 aliphatic rings. The summed E-state index contributed by atoms with van der Waals surface area (Å²) in [4.78, 5) is 23.1. The molecule has 0 bridgehead atoms. The summed E-state index contributed by atoms with van der Waals surface area (Å²) in [6.07, 6.45) is 1.59. The van der Waals surface area contributed by atoms with E-state index in [2.05, 4.69) is 0 Å². The minimum atomic E-state index is -1.04. The molecule has 0 amide bonds. The monoisotopic (exact) mass is 256 g/mol. The number of carbonyl (C=O) groups excluding carboxylic acids is 1. The molecule has 0 fully saturated rings. The van der Waals surface area contributed by atoms with Crippen molar-refractivity contribution in [3.8, 4) is 0 Å². The van der Waals surface area contributed by atoms with Gasteiger partial charge in [-0.15, -0.1) is 0 Å². The minimum absolute atomic E-state index is 0.0194. The van der Waals surface area contributed by atoms with Gasteiger partial charge >= 0.3 is 5.97 Å². The van der Waals surface area contributed by atoms with Gasteiger partial charge in [0.1, 0.15) is 0 Å². The third-order valence-electron chi connectivity index (χ3n) is 2.85. The zero-order valence-corrected chi connectivity index (χ0v) is 10.5. The first-order chi connectivity index (χ1) is 9.08. The molecule has 0 atom stereocenters. The number of aryl methyl sites for hydroxylation is 1. The predicted octanol–water partition coefficient (Wildman–Crippen LogP) is 1.86. The molecule has 1 aromatic heterocycles. The van der Waals surface area contributed by atoms with Crippen LogP contribution in [0.2, 0.25) is 0 Å². The van der Waals surface area contributed by atoms with Gasteiger partial charge < -0.3 is 5.11 Å². The largest absolute Gasteiger partial charge is 0.473 e. The number of carbonyl (C=O) groups is 2. The average Bonchev–Trinajstić information content (AvgIpc) is 2.39. The maximum absolute atomic E-state index is 12.1. The van der Waals surface area contributed by atoms with E-state index in [1.54, 1.807) is 30.5 Å². The highest BCUT2D eigenvalue weighted by molar-refractivity contribution is 5.95. The van der Waals surface area contributed by atoms with E-state index < -0.39 is 5.97 Å². The Kier molecular flexibility index (Phi) is 3.71. The van der Waals surface area contributed by atoms with Crippen molar-refractivity contribution in [2.75, 3.05) is 0 Å². The van der Waals surface area contributed by atoms with Crippen molar-refractivity contribution in [2.24, 2.45) is 0 Å². The maximum Gasteiger partial charge on any atom is 0.401 e. The number of pyridine rings is 1. The summed E-state index contributed by atoms with van der Waals surface area (Å²) in [5.41, 5.74) is 1.76. The topological polar surface area (TPSA) is 58.2 Å². The van der Waals surface area contributed by atoms with Crippen LogP contribution in [0.25, 0.3) is 0 Å². The molecule has 4 heteroatoms. The zero-order chi connectivity index (χ0) is 13.8. The standard InChI is InChI=1S/C15H13NO3/c1-11-5-7-12(8-6-11)14(17)10-16-9-3-2-4-13(16)15(18)19/h2-9H,10H2,1H3/p+1. The predicted molar refractivity (Wildman–Crippen MR) is 69.1 cm³/mol. The number of carboxylic acid groups (broad SMARTS) is 1. The van der Waals surface area contributed by atoms with Gasteiger partial charge in [0.05, 0.1) is 0 Å². The Morgan fingerprint density at radius 1 is 1.11 bits per heavy atom. The lowest BCUT2D eigenvalue weighted by Gasteiger charge is -2.01. The highest BCUT2D eigenvalue weighted by Gasteiger charge is 2.20. The van der Waals surface area contributed by atoms with Crippen molar-refractivity contribution in [1.82, 2.24) is 0 Å². The lowest BCUT2D eigenvalue weighted by molar-refractivity contribution is -0.685.